The normalized spacial score (nSPS) is 18.4. The quantitative estimate of drug-likeness (QED) is 0.328. The van der Waals surface area contributed by atoms with Crippen molar-refractivity contribution in [3.8, 4) is 28.8 Å². The van der Waals surface area contributed by atoms with Gasteiger partial charge < -0.3 is 19.5 Å². The first-order valence-corrected chi connectivity index (χ1v) is 13.1. The van der Waals surface area contributed by atoms with E-state index in [1.54, 1.807) is 13.2 Å². The number of pyridine rings is 2. The van der Waals surface area contributed by atoms with Crippen molar-refractivity contribution in [2.75, 3.05) is 38.3 Å². The van der Waals surface area contributed by atoms with Crippen molar-refractivity contribution in [2.45, 2.75) is 31.5 Å². The number of fused-ring (bicyclic) bond motifs is 3. The Morgan fingerprint density at radius 2 is 1.95 bits per heavy atom. The summed E-state index contributed by atoms with van der Waals surface area (Å²) in [6.45, 7) is 3.18. The number of piperazine rings is 1. The minimum atomic E-state index is 0.0544. The fourth-order valence-corrected chi connectivity index (χ4v) is 5.53. The Kier molecular flexibility index (Phi) is 6.92. The van der Waals surface area contributed by atoms with Crippen LogP contribution in [0.3, 0.4) is 0 Å². The molecule has 0 aliphatic carbocycles. The summed E-state index contributed by atoms with van der Waals surface area (Å²) in [6, 6.07) is 15.0. The highest BCUT2D eigenvalue weighted by Gasteiger charge is 2.44. The Morgan fingerprint density at radius 3 is 2.64 bits per heavy atom. The van der Waals surface area contributed by atoms with E-state index in [-0.39, 0.29) is 6.61 Å². The molecule has 10 nitrogen and oxygen atoms in total. The number of anilines is 1. The van der Waals surface area contributed by atoms with Crippen molar-refractivity contribution in [1.29, 1.82) is 5.26 Å². The van der Waals surface area contributed by atoms with Crippen LogP contribution in [-0.4, -0.2) is 75.7 Å². The number of ether oxygens (including phenoxy) is 2. The van der Waals surface area contributed by atoms with Gasteiger partial charge in [-0.15, -0.1) is 0 Å². The Morgan fingerprint density at radius 1 is 1.08 bits per heavy atom. The molecule has 0 amide bonds. The maximum Gasteiger partial charge on any atom is 0.212 e. The molecule has 3 aromatic heterocycles. The van der Waals surface area contributed by atoms with Gasteiger partial charge in [0.2, 0.25) is 5.88 Å². The van der Waals surface area contributed by atoms with E-state index in [0.717, 1.165) is 42.0 Å². The van der Waals surface area contributed by atoms with E-state index in [2.05, 4.69) is 37.1 Å². The van der Waals surface area contributed by atoms with Gasteiger partial charge in [0.1, 0.15) is 17.6 Å². The van der Waals surface area contributed by atoms with E-state index >= 15 is 0 Å². The first kappa shape index (κ1) is 25.0. The lowest BCUT2D eigenvalue weighted by Gasteiger charge is -2.56. The van der Waals surface area contributed by atoms with Gasteiger partial charge in [-0.3, -0.25) is 4.90 Å². The summed E-state index contributed by atoms with van der Waals surface area (Å²) in [5.41, 5.74) is 3.91. The Hall–Kier alpha value is -4.33. The summed E-state index contributed by atoms with van der Waals surface area (Å²) in [5, 5.41) is 27.8. The monoisotopic (exact) mass is 523 g/mol. The first-order valence-electron chi connectivity index (χ1n) is 13.1. The predicted molar refractivity (Wildman–Crippen MR) is 145 cm³/mol. The minimum Gasteiger partial charge on any atom is -0.493 e. The van der Waals surface area contributed by atoms with E-state index < -0.39 is 0 Å². The standard InChI is InChI=1S/C29H29N7O3/c1-38-28-6-3-19(13-32-28)16-36-22-9-23(36)18-35(17-22)27-5-4-20(14-31-27)25-10-24(39-8-2-7-37)11-26-29(25)21(12-30)15-33-34-26/h3-6,10-11,13-15,22-23,37H,2,7-9,16-18H2,1H3. The van der Waals surface area contributed by atoms with E-state index in [1.807, 2.05) is 36.7 Å². The number of nitrogens with zero attached hydrogens (tertiary/aromatic N) is 7. The van der Waals surface area contributed by atoms with Crippen molar-refractivity contribution in [3.05, 3.63) is 66.1 Å². The van der Waals surface area contributed by atoms with E-state index in [0.29, 0.717) is 47.8 Å². The third kappa shape index (κ3) is 4.94. The third-order valence-corrected chi connectivity index (χ3v) is 7.50. The molecule has 0 radical (unpaired) electrons. The molecule has 10 heteroatoms. The van der Waals surface area contributed by atoms with Crippen LogP contribution in [0.2, 0.25) is 0 Å². The first-order chi connectivity index (χ1) is 19.2. The molecular formula is C29H29N7O3. The minimum absolute atomic E-state index is 0.0544. The zero-order valence-electron chi connectivity index (χ0n) is 21.7. The van der Waals surface area contributed by atoms with Crippen LogP contribution in [0, 0.1) is 11.3 Å². The predicted octanol–water partition coefficient (Wildman–Crippen LogP) is 3.19. The Bertz CT molecular complexity index is 1490. The molecule has 1 aromatic carbocycles. The van der Waals surface area contributed by atoms with Gasteiger partial charge in [-0.2, -0.15) is 15.5 Å². The molecule has 3 aliphatic rings. The van der Waals surface area contributed by atoms with Crippen LogP contribution in [0.4, 0.5) is 5.82 Å². The Balaban J connectivity index is 1.20. The molecule has 3 fully saturated rings. The van der Waals surface area contributed by atoms with E-state index in [1.165, 1.54) is 18.2 Å². The fourth-order valence-electron chi connectivity index (χ4n) is 5.53. The van der Waals surface area contributed by atoms with Crippen molar-refractivity contribution in [1.82, 2.24) is 25.1 Å². The number of hydrogen-bond acceptors (Lipinski definition) is 10. The van der Waals surface area contributed by atoms with Gasteiger partial charge in [0.25, 0.3) is 0 Å². The molecule has 1 N–H and O–H groups in total. The smallest absolute Gasteiger partial charge is 0.212 e. The molecular weight excluding hydrogens is 494 g/mol. The SMILES string of the molecule is COc1ccc(CN2C3CC2CN(c2ccc(-c4cc(OCCCO)cc5nncc(C#N)c45)cn2)C3)cn1. The van der Waals surface area contributed by atoms with Crippen molar-refractivity contribution < 1.29 is 14.6 Å². The van der Waals surface area contributed by atoms with Crippen molar-refractivity contribution in [2.24, 2.45) is 0 Å². The van der Waals surface area contributed by atoms with Gasteiger partial charge in [-0.25, -0.2) is 9.97 Å². The number of methoxy groups -OCH3 is 1. The van der Waals surface area contributed by atoms with Crippen LogP contribution in [0.1, 0.15) is 24.0 Å². The van der Waals surface area contributed by atoms with Crippen LogP contribution >= 0.6 is 0 Å². The summed E-state index contributed by atoms with van der Waals surface area (Å²) < 4.78 is 11.0. The average molecular weight is 524 g/mol. The number of hydrogen-bond donors (Lipinski definition) is 1. The molecule has 6 heterocycles. The average Bonchev–Trinajstić information content (AvgIpc) is 2.99. The highest BCUT2D eigenvalue weighted by molar-refractivity contribution is 5.99. The lowest BCUT2D eigenvalue weighted by molar-refractivity contribution is -0.00876. The summed E-state index contributed by atoms with van der Waals surface area (Å²) in [7, 11) is 1.63. The van der Waals surface area contributed by atoms with Crippen LogP contribution in [0.15, 0.2) is 55.0 Å². The Labute approximate surface area is 226 Å². The molecule has 39 heavy (non-hydrogen) atoms. The molecule has 2 bridgehead atoms. The molecule has 0 saturated carbocycles. The fraction of sp³-hybridized carbons (Fsp3) is 0.345. The van der Waals surface area contributed by atoms with Crippen LogP contribution in [0.5, 0.6) is 11.6 Å². The summed E-state index contributed by atoms with van der Waals surface area (Å²) >= 11 is 0. The number of benzene rings is 1. The van der Waals surface area contributed by atoms with Gasteiger partial charge in [0, 0.05) is 80.2 Å². The molecule has 7 rings (SSSR count). The number of nitriles is 1. The molecule has 3 saturated heterocycles. The zero-order valence-corrected chi connectivity index (χ0v) is 21.7. The van der Waals surface area contributed by atoms with Gasteiger partial charge in [0.05, 0.1) is 31.0 Å². The topological polar surface area (TPSA) is 121 Å². The third-order valence-electron chi connectivity index (χ3n) is 7.50. The number of aliphatic hydroxyl groups is 1. The molecule has 198 valence electrons. The lowest BCUT2D eigenvalue weighted by atomic mass is 9.87. The molecule has 0 spiro atoms. The largest absolute Gasteiger partial charge is 0.493 e. The molecule has 4 aromatic rings. The summed E-state index contributed by atoms with van der Waals surface area (Å²) in [5.74, 6) is 2.19. The maximum absolute atomic E-state index is 9.72. The highest BCUT2D eigenvalue weighted by atomic mass is 16.5. The van der Waals surface area contributed by atoms with Gasteiger partial charge in [0.15, 0.2) is 0 Å². The second-order valence-corrected chi connectivity index (χ2v) is 9.90. The summed E-state index contributed by atoms with van der Waals surface area (Å²) in [4.78, 5) is 14.1. The van der Waals surface area contributed by atoms with Crippen LogP contribution in [-0.2, 0) is 6.54 Å². The number of rotatable bonds is 9. The van der Waals surface area contributed by atoms with Crippen molar-refractivity contribution >= 4 is 16.7 Å². The van der Waals surface area contributed by atoms with E-state index in [4.69, 9.17) is 19.6 Å². The number of piperidine rings is 1. The second kappa shape index (κ2) is 10.8. The zero-order chi connectivity index (χ0) is 26.8. The van der Waals surface area contributed by atoms with Gasteiger partial charge in [-0.05, 0) is 35.7 Å². The molecule has 2 atom stereocenters. The maximum atomic E-state index is 9.72. The van der Waals surface area contributed by atoms with Gasteiger partial charge in [-0.1, -0.05) is 6.07 Å². The second-order valence-electron chi connectivity index (χ2n) is 9.90. The van der Waals surface area contributed by atoms with E-state index in [9.17, 15) is 5.26 Å². The molecule has 3 aliphatic heterocycles. The van der Waals surface area contributed by atoms with Crippen LogP contribution in [0.25, 0.3) is 22.0 Å². The van der Waals surface area contributed by atoms with Crippen LogP contribution < -0.4 is 14.4 Å². The highest BCUT2D eigenvalue weighted by Crippen LogP contribution is 2.37. The lowest BCUT2D eigenvalue weighted by Crippen LogP contribution is -2.68. The van der Waals surface area contributed by atoms with Gasteiger partial charge >= 0.3 is 0 Å². The number of aromatic nitrogens is 4. The van der Waals surface area contributed by atoms with Crippen molar-refractivity contribution in [3.63, 3.8) is 0 Å². The molecule has 2 unspecified atom stereocenters. The number of aliphatic hydroxyl groups excluding tert-OH is 1. The summed E-state index contributed by atoms with van der Waals surface area (Å²) in [6.07, 6.45) is 6.95.